The molecule has 0 fully saturated rings. The van der Waals surface area contributed by atoms with E-state index in [2.05, 4.69) is 170 Å². The quantitative estimate of drug-likeness (QED) is 0.196. The minimum Gasteiger partial charge on any atom is -0.310 e. The first kappa shape index (κ1) is 26.2. The summed E-state index contributed by atoms with van der Waals surface area (Å²) in [7, 11) is 0. The third-order valence-corrected chi connectivity index (χ3v) is 10.9. The normalized spacial score (nSPS) is 13.3. The SMILES string of the molecule is CC1(C)c2ccccc2-c2ccc(N(c3ccccc3)c3ccc(-c4cc5ccccc5c5sc6ccccc6c45)cc3)cc21. The summed E-state index contributed by atoms with van der Waals surface area (Å²) in [6, 6.07) is 55.7. The van der Waals surface area contributed by atoms with Crippen LogP contribution in [0.4, 0.5) is 17.1 Å². The molecule has 214 valence electrons. The van der Waals surface area contributed by atoms with Gasteiger partial charge < -0.3 is 4.90 Å². The van der Waals surface area contributed by atoms with Crippen LogP contribution in [0.5, 0.6) is 0 Å². The number of rotatable bonds is 4. The van der Waals surface area contributed by atoms with Crippen molar-refractivity contribution in [2.75, 3.05) is 4.90 Å². The highest BCUT2D eigenvalue weighted by molar-refractivity contribution is 7.26. The van der Waals surface area contributed by atoms with Crippen molar-refractivity contribution in [3.63, 3.8) is 0 Å². The Kier molecular flexibility index (Phi) is 5.78. The van der Waals surface area contributed by atoms with Crippen molar-refractivity contribution in [2.45, 2.75) is 19.3 Å². The molecule has 0 saturated carbocycles. The fraction of sp³-hybridized carbons (Fsp3) is 0.0698. The fourth-order valence-electron chi connectivity index (χ4n) is 7.43. The second-order valence-electron chi connectivity index (χ2n) is 12.6. The number of anilines is 3. The van der Waals surface area contributed by atoms with Crippen molar-refractivity contribution in [2.24, 2.45) is 0 Å². The number of fused-ring (bicyclic) bond motifs is 8. The minimum atomic E-state index is -0.0566. The third-order valence-electron chi connectivity index (χ3n) is 9.65. The van der Waals surface area contributed by atoms with Crippen LogP contribution in [0.3, 0.4) is 0 Å². The van der Waals surface area contributed by atoms with Crippen LogP contribution in [-0.2, 0) is 5.41 Å². The first-order valence-electron chi connectivity index (χ1n) is 15.6. The summed E-state index contributed by atoms with van der Waals surface area (Å²) in [5.74, 6) is 0. The minimum absolute atomic E-state index is 0.0566. The molecule has 1 nitrogen and oxygen atoms in total. The summed E-state index contributed by atoms with van der Waals surface area (Å²) >= 11 is 1.90. The molecular weight excluding hydrogens is 563 g/mol. The molecule has 8 aromatic rings. The van der Waals surface area contributed by atoms with E-state index in [4.69, 9.17) is 0 Å². The Morgan fingerprint density at radius 2 is 1.13 bits per heavy atom. The van der Waals surface area contributed by atoms with Gasteiger partial charge in [-0.25, -0.2) is 0 Å². The summed E-state index contributed by atoms with van der Waals surface area (Å²) in [4.78, 5) is 2.39. The van der Waals surface area contributed by atoms with Gasteiger partial charge in [0.25, 0.3) is 0 Å². The summed E-state index contributed by atoms with van der Waals surface area (Å²) in [5.41, 5.74) is 11.4. The van der Waals surface area contributed by atoms with E-state index in [-0.39, 0.29) is 5.41 Å². The molecule has 0 N–H and O–H groups in total. The van der Waals surface area contributed by atoms with Gasteiger partial charge in [-0.2, -0.15) is 0 Å². The average molecular weight is 594 g/mol. The van der Waals surface area contributed by atoms with Gasteiger partial charge in [-0.15, -0.1) is 11.3 Å². The summed E-state index contributed by atoms with van der Waals surface area (Å²) in [6.45, 7) is 4.70. The van der Waals surface area contributed by atoms with Crippen molar-refractivity contribution in [1.82, 2.24) is 0 Å². The van der Waals surface area contributed by atoms with Crippen LogP contribution < -0.4 is 4.90 Å². The summed E-state index contributed by atoms with van der Waals surface area (Å²) < 4.78 is 2.69. The van der Waals surface area contributed by atoms with Crippen LogP contribution in [0.1, 0.15) is 25.0 Å². The molecule has 1 aromatic heterocycles. The van der Waals surface area contributed by atoms with E-state index in [9.17, 15) is 0 Å². The van der Waals surface area contributed by atoms with Gasteiger partial charge in [-0.3, -0.25) is 0 Å². The van der Waals surface area contributed by atoms with Crippen LogP contribution in [-0.4, -0.2) is 0 Å². The maximum absolute atomic E-state index is 2.40. The van der Waals surface area contributed by atoms with Crippen molar-refractivity contribution >= 4 is 59.3 Å². The molecule has 0 amide bonds. The van der Waals surface area contributed by atoms with Crippen LogP contribution in [0.2, 0.25) is 0 Å². The standard InChI is InChI=1S/C43H31NS/c1-43(2)38-18-10-8-16-34(38)35-25-24-32(27-39(35)43)44(30-13-4-3-5-14-30)31-22-20-28(21-23-31)37-26-29-12-6-7-15-33(29)42-41(37)36-17-9-11-19-40(36)45-42/h3-27H,1-2H3. The maximum atomic E-state index is 2.40. The molecule has 1 aliphatic carbocycles. The van der Waals surface area contributed by atoms with E-state index in [1.807, 2.05) is 11.3 Å². The van der Waals surface area contributed by atoms with Crippen LogP contribution in [0.15, 0.2) is 152 Å². The van der Waals surface area contributed by atoms with Crippen molar-refractivity contribution in [1.29, 1.82) is 0 Å². The lowest BCUT2D eigenvalue weighted by molar-refractivity contribution is 0.660. The smallest absolute Gasteiger partial charge is 0.0465 e. The van der Waals surface area contributed by atoms with E-state index in [1.165, 1.54) is 70.0 Å². The number of para-hydroxylation sites is 1. The third kappa shape index (κ3) is 3.99. The molecule has 0 aliphatic heterocycles. The Balaban J connectivity index is 1.20. The van der Waals surface area contributed by atoms with Crippen LogP contribution >= 0.6 is 11.3 Å². The predicted octanol–water partition coefficient (Wildman–Crippen LogP) is 12.7. The van der Waals surface area contributed by atoms with E-state index in [0.717, 1.165) is 11.4 Å². The Labute approximate surface area is 267 Å². The first-order chi connectivity index (χ1) is 22.1. The van der Waals surface area contributed by atoms with Crippen molar-refractivity contribution in [3.05, 3.63) is 163 Å². The maximum Gasteiger partial charge on any atom is 0.0465 e. The second-order valence-corrected chi connectivity index (χ2v) is 13.6. The average Bonchev–Trinajstić information content (AvgIpc) is 3.59. The first-order valence-corrected chi connectivity index (χ1v) is 16.4. The van der Waals surface area contributed by atoms with Gasteiger partial charge in [-0.1, -0.05) is 117 Å². The molecule has 0 unspecified atom stereocenters. The highest BCUT2D eigenvalue weighted by Crippen LogP contribution is 2.51. The molecule has 45 heavy (non-hydrogen) atoms. The number of nitrogens with zero attached hydrogens (tertiary/aromatic N) is 1. The zero-order chi connectivity index (χ0) is 30.1. The molecule has 0 bridgehead atoms. The monoisotopic (exact) mass is 593 g/mol. The van der Waals surface area contributed by atoms with E-state index in [0.29, 0.717) is 0 Å². The highest BCUT2D eigenvalue weighted by Gasteiger charge is 2.35. The molecule has 2 heteroatoms. The molecule has 0 saturated heterocycles. The van der Waals surface area contributed by atoms with Gasteiger partial charge in [0.2, 0.25) is 0 Å². The zero-order valence-corrected chi connectivity index (χ0v) is 26.1. The van der Waals surface area contributed by atoms with Gasteiger partial charge >= 0.3 is 0 Å². The Morgan fingerprint density at radius 3 is 1.98 bits per heavy atom. The van der Waals surface area contributed by atoms with E-state index >= 15 is 0 Å². The van der Waals surface area contributed by atoms with Gasteiger partial charge in [0, 0.05) is 42.6 Å². The zero-order valence-electron chi connectivity index (χ0n) is 25.3. The molecule has 1 heterocycles. The predicted molar refractivity (Wildman–Crippen MR) is 195 cm³/mol. The second kappa shape index (κ2) is 9.92. The van der Waals surface area contributed by atoms with Crippen LogP contribution in [0, 0.1) is 0 Å². The Morgan fingerprint density at radius 1 is 0.489 bits per heavy atom. The van der Waals surface area contributed by atoms with E-state index < -0.39 is 0 Å². The topological polar surface area (TPSA) is 3.24 Å². The van der Waals surface area contributed by atoms with Crippen molar-refractivity contribution in [3.8, 4) is 22.3 Å². The summed E-state index contributed by atoms with van der Waals surface area (Å²) in [5, 5.41) is 5.28. The van der Waals surface area contributed by atoms with E-state index in [1.54, 1.807) is 0 Å². The fourth-order valence-corrected chi connectivity index (χ4v) is 8.70. The molecule has 7 aromatic carbocycles. The van der Waals surface area contributed by atoms with Crippen molar-refractivity contribution < 1.29 is 0 Å². The Hall–Kier alpha value is -5.18. The molecule has 0 radical (unpaired) electrons. The highest BCUT2D eigenvalue weighted by atomic mass is 32.1. The number of thiophene rings is 1. The molecule has 1 aliphatic rings. The molecular formula is C43H31NS. The number of hydrogen-bond acceptors (Lipinski definition) is 2. The van der Waals surface area contributed by atoms with Gasteiger partial charge in [0.1, 0.15) is 0 Å². The largest absolute Gasteiger partial charge is 0.310 e. The molecule has 9 rings (SSSR count). The molecule has 0 atom stereocenters. The van der Waals surface area contributed by atoms with Gasteiger partial charge in [0.15, 0.2) is 0 Å². The van der Waals surface area contributed by atoms with Gasteiger partial charge in [0.05, 0.1) is 0 Å². The van der Waals surface area contributed by atoms with Crippen LogP contribution in [0.25, 0.3) is 53.2 Å². The lowest BCUT2D eigenvalue weighted by atomic mass is 9.82. The molecule has 0 spiro atoms. The Bertz CT molecular complexity index is 2400. The lowest BCUT2D eigenvalue weighted by Gasteiger charge is -2.28. The summed E-state index contributed by atoms with van der Waals surface area (Å²) in [6.07, 6.45) is 0. The number of hydrogen-bond donors (Lipinski definition) is 0. The number of benzene rings is 7. The lowest BCUT2D eigenvalue weighted by Crippen LogP contribution is -2.16. The van der Waals surface area contributed by atoms with Gasteiger partial charge in [-0.05, 0) is 92.7 Å².